The number of rotatable bonds is 2. The Morgan fingerprint density at radius 1 is 1.00 bits per heavy atom. The molecule has 0 saturated carbocycles. The largest absolute Gasteiger partial charge is 0.0961 e. The van der Waals surface area contributed by atoms with Crippen LogP contribution in [0.2, 0.25) is 0 Å². The molecule has 2 aromatic rings. The SMILES string of the molecule is C=C(C)/C=C\c1cc2cc(C)ccc2cc1C.CC. The predicted octanol–water partition coefficient (Wildman–Crippen LogP) is 6.07. The fourth-order valence-corrected chi connectivity index (χ4v) is 1.96. The number of hydrogen-bond donors (Lipinski definition) is 0. The lowest BCUT2D eigenvalue weighted by Gasteiger charge is -2.05. The third-order valence-electron chi connectivity index (χ3n) is 2.93. The fraction of sp³-hybridized carbons (Fsp3) is 0.263. The van der Waals surface area contributed by atoms with Gasteiger partial charge < -0.3 is 0 Å². The van der Waals surface area contributed by atoms with Crippen LogP contribution in [0.1, 0.15) is 37.5 Å². The van der Waals surface area contributed by atoms with Crippen molar-refractivity contribution in [2.75, 3.05) is 0 Å². The average Bonchev–Trinajstić information content (AvgIpc) is 2.39. The van der Waals surface area contributed by atoms with Crippen LogP contribution < -0.4 is 0 Å². The third-order valence-corrected chi connectivity index (χ3v) is 2.93. The van der Waals surface area contributed by atoms with E-state index in [1.807, 2.05) is 20.8 Å². The molecule has 0 aliphatic carbocycles. The van der Waals surface area contributed by atoms with Gasteiger partial charge in [-0.05, 0) is 48.7 Å². The molecule has 0 saturated heterocycles. The monoisotopic (exact) mass is 252 g/mol. The summed E-state index contributed by atoms with van der Waals surface area (Å²) in [6.07, 6.45) is 4.20. The highest BCUT2D eigenvalue weighted by atomic mass is 14.0. The molecule has 0 amide bonds. The van der Waals surface area contributed by atoms with Gasteiger partial charge in [0.1, 0.15) is 0 Å². The molecule has 0 bridgehead atoms. The van der Waals surface area contributed by atoms with Gasteiger partial charge in [0, 0.05) is 0 Å². The van der Waals surface area contributed by atoms with E-state index in [1.54, 1.807) is 0 Å². The second-order valence-corrected chi connectivity index (χ2v) is 4.74. The Morgan fingerprint density at radius 2 is 1.68 bits per heavy atom. The summed E-state index contributed by atoms with van der Waals surface area (Å²) in [6.45, 7) is 14.2. The second-order valence-electron chi connectivity index (χ2n) is 4.74. The van der Waals surface area contributed by atoms with Gasteiger partial charge in [-0.3, -0.25) is 0 Å². The molecule has 0 aliphatic heterocycles. The van der Waals surface area contributed by atoms with E-state index in [1.165, 1.54) is 27.5 Å². The zero-order chi connectivity index (χ0) is 14.4. The van der Waals surface area contributed by atoms with E-state index >= 15 is 0 Å². The summed E-state index contributed by atoms with van der Waals surface area (Å²) in [6, 6.07) is 11.1. The smallest absolute Gasteiger partial charge is 0.0175 e. The van der Waals surface area contributed by atoms with Crippen molar-refractivity contribution in [1.29, 1.82) is 0 Å². The number of benzene rings is 2. The number of allylic oxidation sites excluding steroid dienone is 2. The summed E-state index contributed by atoms with van der Waals surface area (Å²) in [4.78, 5) is 0. The molecule has 0 heterocycles. The van der Waals surface area contributed by atoms with Gasteiger partial charge in [0.2, 0.25) is 0 Å². The minimum atomic E-state index is 1.08. The standard InChI is InChI=1S/C17H18.C2H6/c1-12(2)5-7-15-11-17-9-13(3)6-8-16(17)10-14(15)4;1-2/h5-11H,1H2,2-4H3;1-2H3/b7-5-;. The third kappa shape index (κ3) is 4.10. The quantitative estimate of drug-likeness (QED) is 0.569. The molecule has 0 radical (unpaired) electrons. The van der Waals surface area contributed by atoms with Crippen LogP contribution >= 0.6 is 0 Å². The normalized spacial score (nSPS) is 10.4. The highest BCUT2D eigenvalue weighted by molar-refractivity contribution is 5.86. The Balaban J connectivity index is 0.000000861. The van der Waals surface area contributed by atoms with E-state index in [0.717, 1.165) is 5.57 Å². The van der Waals surface area contributed by atoms with Crippen molar-refractivity contribution < 1.29 is 0 Å². The molecule has 0 heteroatoms. The summed E-state index contributed by atoms with van der Waals surface area (Å²) in [5, 5.41) is 2.61. The summed E-state index contributed by atoms with van der Waals surface area (Å²) in [7, 11) is 0. The van der Waals surface area contributed by atoms with Gasteiger partial charge in [-0.2, -0.15) is 0 Å². The summed E-state index contributed by atoms with van der Waals surface area (Å²) in [5.74, 6) is 0. The van der Waals surface area contributed by atoms with E-state index in [9.17, 15) is 0 Å². The van der Waals surface area contributed by atoms with Crippen molar-refractivity contribution in [3.63, 3.8) is 0 Å². The number of fused-ring (bicyclic) bond motifs is 1. The first-order chi connectivity index (χ1) is 9.06. The van der Waals surface area contributed by atoms with Crippen LogP contribution in [0.5, 0.6) is 0 Å². The highest BCUT2D eigenvalue weighted by Gasteiger charge is 1.99. The van der Waals surface area contributed by atoms with E-state index in [4.69, 9.17) is 0 Å². The Morgan fingerprint density at radius 3 is 2.32 bits per heavy atom. The Kier molecular flexibility index (Phi) is 5.57. The lowest BCUT2D eigenvalue weighted by Crippen LogP contribution is -1.83. The minimum Gasteiger partial charge on any atom is -0.0961 e. The van der Waals surface area contributed by atoms with Crippen LogP contribution in [0.3, 0.4) is 0 Å². The van der Waals surface area contributed by atoms with Gasteiger partial charge in [-0.15, -0.1) is 0 Å². The zero-order valence-electron chi connectivity index (χ0n) is 12.7. The molecule has 0 atom stereocenters. The second kappa shape index (κ2) is 6.94. The first-order valence-electron chi connectivity index (χ1n) is 6.91. The predicted molar refractivity (Wildman–Crippen MR) is 88.6 cm³/mol. The summed E-state index contributed by atoms with van der Waals surface area (Å²) >= 11 is 0. The molecular weight excluding hydrogens is 228 g/mol. The van der Waals surface area contributed by atoms with Gasteiger partial charge in [0.05, 0.1) is 0 Å². The van der Waals surface area contributed by atoms with E-state index in [-0.39, 0.29) is 0 Å². The van der Waals surface area contributed by atoms with Crippen molar-refractivity contribution in [3.8, 4) is 0 Å². The molecule has 2 aromatic carbocycles. The fourth-order valence-electron chi connectivity index (χ4n) is 1.96. The van der Waals surface area contributed by atoms with Crippen LogP contribution in [0.4, 0.5) is 0 Å². The van der Waals surface area contributed by atoms with Crippen molar-refractivity contribution >= 4 is 16.8 Å². The van der Waals surface area contributed by atoms with Crippen LogP contribution in [0.15, 0.2) is 48.6 Å². The number of aryl methyl sites for hydroxylation is 2. The zero-order valence-corrected chi connectivity index (χ0v) is 12.7. The molecule has 0 unspecified atom stereocenters. The van der Waals surface area contributed by atoms with E-state index in [2.05, 4.69) is 62.9 Å². The van der Waals surface area contributed by atoms with E-state index in [0.29, 0.717) is 0 Å². The van der Waals surface area contributed by atoms with Gasteiger partial charge >= 0.3 is 0 Å². The minimum absolute atomic E-state index is 1.08. The average molecular weight is 252 g/mol. The van der Waals surface area contributed by atoms with Gasteiger partial charge in [-0.1, -0.05) is 68.0 Å². The molecule has 0 fully saturated rings. The van der Waals surface area contributed by atoms with Crippen molar-refractivity contribution in [2.45, 2.75) is 34.6 Å². The van der Waals surface area contributed by atoms with Gasteiger partial charge in [0.15, 0.2) is 0 Å². The molecule has 0 aliphatic rings. The maximum atomic E-state index is 3.89. The van der Waals surface area contributed by atoms with Crippen molar-refractivity contribution in [3.05, 3.63) is 65.3 Å². The van der Waals surface area contributed by atoms with Crippen LogP contribution in [0, 0.1) is 13.8 Å². The lowest BCUT2D eigenvalue weighted by atomic mass is 10.00. The summed E-state index contributed by atoms with van der Waals surface area (Å²) in [5.41, 5.74) is 4.95. The highest BCUT2D eigenvalue weighted by Crippen LogP contribution is 2.22. The van der Waals surface area contributed by atoms with E-state index < -0.39 is 0 Å². The topological polar surface area (TPSA) is 0 Å². The molecule has 2 rings (SSSR count). The molecule has 19 heavy (non-hydrogen) atoms. The maximum absolute atomic E-state index is 3.89. The molecule has 0 nitrogen and oxygen atoms in total. The van der Waals surface area contributed by atoms with Crippen molar-refractivity contribution in [2.24, 2.45) is 0 Å². The molecule has 0 aromatic heterocycles. The Bertz CT molecular complexity index is 601. The van der Waals surface area contributed by atoms with Crippen LogP contribution in [-0.2, 0) is 0 Å². The van der Waals surface area contributed by atoms with Crippen molar-refractivity contribution in [1.82, 2.24) is 0 Å². The number of hydrogen-bond acceptors (Lipinski definition) is 0. The van der Waals surface area contributed by atoms with Crippen LogP contribution in [-0.4, -0.2) is 0 Å². The summed E-state index contributed by atoms with van der Waals surface area (Å²) < 4.78 is 0. The van der Waals surface area contributed by atoms with Gasteiger partial charge in [-0.25, -0.2) is 0 Å². The molecule has 0 spiro atoms. The molecular formula is C19H24. The first-order valence-corrected chi connectivity index (χ1v) is 6.91. The maximum Gasteiger partial charge on any atom is -0.0175 e. The lowest BCUT2D eigenvalue weighted by molar-refractivity contribution is 1.45. The Hall–Kier alpha value is -1.82. The van der Waals surface area contributed by atoms with Gasteiger partial charge in [0.25, 0.3) is 0 Å². The Labute approximate surface area is 117 Å². The molecule has 100 valence electrons. The first kappa shape index (κ1) is 15.2. The van der Waals surface area contributed by atoms with Crippen LogP contribution in [0.25, 0.3) is 16.8 Å². The molecule has 0 N–H and O–H groups in total.